The molecular weight excluding hydrogens is 320 g/mol. The second kappa shape index (κ2) is 5.69. The molecule has 4 heteroatoms. The first-order chi connectivity index (χ1) is 11.1. The lowest BCUT2D eigenvalue weighted by atomic mass is 10.0. The van der Waals surface area contributed by atoms with Gasteiger partial charge in [0.15, 0.2) is 0 Å². The van der Waals surface area contributed by atoms with Crippen LogP contribution in [0.25, 0.3) is 20.4 Å². The Kier molecular flexibility index (Phi) is 3.66. The van der Waals surface area contributed by atoms with Crippen molar-refractivity contribution in [1.29, 1.82) is 0 Å². The Bertz CT molecular complexity index is 981. The smallest absolute Gasteiger partial charge is 0.101 e. The first-order valence-electron chi connectivity index (χ1n) is 7.85. The summed E-state index contributed by atoms with van der Waals surface area (Å²) in [6.45, 7) is 6.69. The molecule has 116 valence electrons. The summed E-state index contributed by atoms with van der Waals surface area (Å²) in [5.41, 5.74) is 6.78. The summed E-state index contributed by atoms with van der Waals surface area (Å²) < 4.78 is 2.52. The summed E-state index contributed by atoms with van der Waals surface area (Å²) >= 11 is 3.50. The van der Waals surface area contributed by atoms with E-state index < -0.39 is 0 Å². The van der Waals surface area contributed by atoms with E-state index in [9.17, 15) is 0 Å². The number of thiazole rings is 2. The molecule has 0 saturated carbocycles. The minimum Gasteiger partial charge on any atom is -0.245 e. The number of benzene rings is 2. The van der Waals surface area contributed by atoms with Crippen LogP contribution in [-0.2, 0) is 0 Å². The SMILES string of the molecule is CC(C)c1ccc2sc([C@@H](C)c3ccc4ncsc4c3)nc2c1. The van der Waals surface area contributed by atoms with Crippen LogP contribution in [0.15, 0.2) is 41.9 Å². The van der Waals surface area contributed by atoms with Gasteiger partial charge in [-0.1, -0.05) is 32.9 Å². The molecule has 0 fully saturated rings. The molecule has 23 heavy (non-hydrogen) atoms. The minimum absolute atomic E-state index is 0.307. The summed E-state index contributed by atoms with van der Waals surface area (Å²) in [6.07, 6.45) is 0. The zero-order valence-electron chi connectivity index (χ0n) is 13.4. The van der Waals surface area contributed by atoms with Crippen molar-refractivity contribution >= 4 is 43.1 Å². The van der Waals surface area contributed by atoms with Crippen molar-refractivity contribution in [2.45, 2.75) is 32.6 Å². The summed E-state index contributed by atoms with van der Waals surface area (Å²) in [5, 5.41) is 1.18. The Balaban J connectivity index is 1.74. The van der Waals surface area contributed by atoms with Gasteiger partial charge in [0, 0.05) is 5.92 Å². The third-order valence-corrected chi connectivity index (χ3v) is 6.33. The lowest BCUT2D eigenvalue weighted by Crippen LogP contribution is -1.94. The Morgan fingerprint density at radius 3 is 2.52 bits per heavy atom. The van der Waals surface area contributed by atoms with Crippen molar-refractivity contribution in [3.05, 3.63) is 58.0 Å². The van der Waals surface area contributed by atoms with E-state index in [1.54, 1.807) is 22.7 Å². The highest BCUT2D eigenvalue weighted by Crippen LogP contribution is 2.34. The number of rotatable bonds is 3. The van der Waals surface area contributed by atoms with Crippen molar-refractivity contribution in [1.82, 2.24) is 9.97 Å². The zero-order valence-corrected chi connectivity index (χ0v) is 15.0. The van der Waals surface area contributed by atoms with Gasteiger partial charge in [0.25, 0.3) is 0 Å². The molecule has 2 nitrogen and oxygen atoms in total. The standard InChI is InChI=1S/C19H18N2S2/c1-11(2)13-5-7-17-16(8-13)21-19(23-17)12(3)14-4-6-15-18(9-14)22-10-20-15/h4-12H,1-3H3/t12-/m0/s1. The molecule has 0 aliphatic heterocycles. The summed E-state index contributed by atoms with van der Waals surface area (Å²) in [4.78, 5) is 9.26. The number of hydrogen-bond donors (Lipinski definition) is 0. The molecule has 4 rings (SSSR count). The van der Waals surface area contributed by atoms with Gasteiger partial charge in [-0.3, -0.25) is 0 Å². The molecule has 2 aromatic carbocycles. The van der Waals surface area contributed by atoms with Crippen molar-refractivity contribution in [3.8, 4) is 0 Å². The van der Waals surface area contributed by atoms with E-state index in [0.29, 0.717) is 11.8 Å². The lowest BCUT2D eigenvalue weighted by molar-refractivity contribution is 0.867. The van der Waals surface area contributed by atoms with Gasteiger partial charge in [-0.25, -0.2) is 9.97 Å². The maximum Gasteiger partial charge on any atom is 0.101 e. The molecule has 2 aromatic heterocycles. The van der Waals surface area contributed by atoms with E-state index >= 15 is 0 Å². The number of nitrogens with zero attached hydrogens (tertiary/aromatic N) is 2. The van der Waals surface area contributed by atoms with Crippen molar-refractivity contribution in [3.63, 3.8) is 0 Å². The summed E-state index contributed by atoms with van der Waals surface area (Å²) in [5.74, 6) is 0.845. The van der Waals surface area contributed by atoms with Crippen LogP contribution in [0.1, 0.15) is 48.7 Å². The first kappa shape index (κ1) is 14.8. The summed E-state index contributed by atoms with van der Waals surface area (Å²) in [6, 6.07) is 13.2. The van der Waals surface area contributed by atoms with E-state index in [1.807, 2.05) is 5.51 Å². The Hall–Kier alpha value is -1.78. The highest BCUT2D eigenvalue weighted by molar-refractivity contribution is 7.18. The zero-order chi connectivity index (χ0) is 16.0. The van der Waals surface area contributed by atoms with Gasteiger partial charge in [-0.15, -0.1) is 22.7 Å². The van der Waals surface area contributed by atoms with Gasteiger partial charge >= 0.3 is 0 Å². The maximum atomic E-state index is 4.91. The number of hydrogen-bond acceptors (Lipinski definition) is 4. The van der Waals surface area contributed by atoms with Crippen LogP contribution in [0.2, 0.25) is 0 Å². The van der Waals surface area contributed by atoms with Crippen LogP contribution in [0, 0.1) is 0 Å². The number of aromatic nitrogens is 2. The third-order valence-electron chi connectivity index (χ3n) is 4.32. The van der Waals surface area contributed by atoms with Crippen LogP contribution >= 0.6 is 22.7 Å². The van der Waals surface area contributed by atoms with Crippen LogP contribution < -0.4 is 0 Å². The van der Waals surface area contributed by atoms with Gasteiger partial charge < -0.3 is 0 Å². The molecule has 0 unspecified atom stereocenters. The van der Waals surface area contributed by atoms with Crippen molar-refractivity contribution in [2.24, 2.45) is 0 Å². The van der Waals surface area contributed by atoms with Gasteiger partial charge in [-0.2, -0.15) is 0 Å². The Morgan fingerprint density at radius 1 is 0.870 bits per heavy atom. The van der Waals surface area contributed by atoms with Gasteiger partial charge in [-0.05, 0) is 41.3 Å². The van der Waals surface area contributed by atoms with E-state index in [0.717, 1.165) is 11.0 Å². The number of fused-ring (bicyclic) bond motifs is 2. The average Bonchev–Trinajstić information content (AvgIpc) is 3.18. The van der Waals surface area contributed by atoms with Gasteiger partial charge in [0.05, 0.1) is 25.9 Å². The second-order valence-corrected chi connectivity index (χ2v) is 8.18. The maximum absolute atomic E-state index is 4.91. The van der Waals surface area contributed by atoms with E-state index in [4.69, 9.17) is 4.98 Å². The van der Waals surface area contributed by atoms with Crippen LogP contribution in [0.4, 0.5) is 0 Å². The Morgan fingerprint density at radius 2 is 1.70 bits per heavy atom. The molecule has 0 amide bonds. The molecule has 1 atom stereocenters. The first-order valence-corrected chi connectivity index (χ1v) is 9.55. The molecule has 0 radical (unpaired) electrons. The Labute approximate surface area is 143 Å². The predicted octanol–water partition coefficient (Wildman–Crippen LogP) is 6.18. The van der Waals surface area contributed by atoms with E-state index in [2.05, 4.69) is 62.2 Å². The highest BCUT2D eigenvalue weighted by Gasteiger charge is 2.15. The normalized spacial score (nSPS) is 13.2. The quantitative estimate of drug-likeness (QED) is 0.445. The molecule has 0 bridgehead atoms. The van der Waals surface area contributed by atoms with Crippen molar-refractivity contribution < 1.29 is 0 Å². The summed E-state index contributed by atoms with van der Waals surface area (Å²) in [7, 11) is 0. The van der Waals surface area contributed by atoms with Gasteiger partial charge in [0.2, 0.25) is 0 Å². The average molecular weight is 339 g/mol. The topological polar surface area (TPSA) is 25.8 Å². The fourth-order valence-corrected chi connectivity index (χ4v) is 4.54. The molecule has 4 aromatic rings. The second-order valence-electron chi connectivity index (χ2n) is 6.24. The van der Waals surface area contributed by atoms with Crippen LogP contribution in [0.5, 0.6) is 0 Å². The monoisotopic (exact) mass is 338 g/mol. The molecule has 0 saturated heterocycles. The predicted molar refractivity (Wildman–Crippen MR) is 101 cm³/mol. The molecular formula is C19H18N2S2. The van der Waals surface area contributed by atoms with Gasteiger partial charge in [0.1, 0.15) is 5.01 Å². The van der Waals surface area contributed by atoms with Crippen LogP contribution in [-0.4, -0.2) is 9.97 Å². The third kappa shape index (κ3) is 2.66. The lowest BCUT2D eigenvalue weighted by Gasteiger charge is -2.08. The van der Waals surface area contributed by atoms with E-state index in [1.165, 1.54) is 25.5 Å². The van der Waals surface area contributed by atoms with Crippen LogP contribution in [0.3, 0.4) is 0 Å². The minimum atomic E-state index is 0.307. The molecule has 0 N–H and O–H groups in total. The molecule has 2 heterocycles. The highest BCUT2D eigenvalue weighted by atomic mass is 32.1. The molecule has 0 spiro atoms. The fourth-order valence-electron chi connectivity index (χ4n) is 2.79. The molecule has 0 aliphatic rings. The largest absolute Gasteiger partial charge is 0.245 e. The van der Waals surface area contributed by atoms with Crippen molar-refractivity contribution in [2.75, 3.05) is 0 Å². The fraction of sp³-hybridized carbons (Fsp3) is 0.263. The molecule has 0 aliphatic carbocycles. The van der Waals surface area contributed by atoms with E-state index in [-0.39, 0.29) is 0 Å².